The van der Waals surface area contributed by atoms with Crippen molar-refractivity contribution in [2.75, 3.05) is 38.3 Å². The first kappa shape index (κ1) is 28.6. The van der Waals surface area contributed by atoms with Gasteiger partial charge in [-0.3, -0.25) is 14.5 Å². The third-order valence-electron chi connectivity index (χ3n) is 5.11. The number of β-lactam (4-membered cyclic amide) rings is 1. The van der Waals surface area contributed by atoms with Gasteiger partial charge in [-0.1, -0.05) is 11.8 Å². The number of nitrogens with one attached hydrogen (secondary N) is 1. The molecule has 0 saturated carbocycles. The summed E-state index contributed by atoms with van der Waals surface area (Å²) in [6.45, 7) is 0.923. The average Bonchev–Trinajstić information content (AvgIpc) is 3.30. The Morgan fingerprint density at radius 1 is 1.35 bits per heavy atom. The van der Waals surface area contributed by atoms with Gasteiger partial charge in [-0.15, -0.1) is 28.6 Å². The minimum Gasteiger partial charge on any atom is -0.435 e. The van der Waals surface area contributed by atoms with Gasteiger partial charge >= 0.3 is 12.1 Å². The Bertz CT molecular complexity index is 1140. The van der Waals surface area contributed by atoms with Crippen LogP contribution in [0.15, 0.2) is 16.4 Å². The molecule has 1 unspecified atom stereocenters. The minimum atomic E-state index is -1.79. The van der Waals surface area contributed by atoms with Crippen molar-refractivity contribution in [3.05, 3.63) is 11.3 Å². The van der Waals surface area contributed by atoms with Crippen molar-refractivity contribution < 1.29 is 38.1 Å². The molecule has 0 aromatic carbocycles. The summed E-state index contributed by atoms with van der Waals surface area (Å²) in [5.74, 6) is -1.85. The highest BCUT2D eigenvalue weighted by Gasteiger charge is 2.67. The second kappa shape index (κ2) is 12.5. The van der Waals surface area contributed by atoms with Crippen LogP contribution in [-0.4, -0.2) is 104 Å². The first-order chi connectivity index (χ1) is 17.7. The predicted molar refractivity (Wildman–Crippen MR) is 130 cm³/mol. The normalized spacial score (nSPS) is 21.3. The Labute approximate surface area is 223 Å². The first-order valence-corrected chi connectivity index (χ1v) is 13.8. The summed E-state index contributed by atoms with van der Waals surface area (Å²) < 4.78 is 21.3. The summed E-state index contributed by atoms with van der Waals surface area (Å²) in [5, 5.41) is 21.6. The number of amides is 2. The number of aromatic nitrogens is 4. The van der Waals surface area contributed by atoms with Crippen LogP contribution in [0.5, 0.6) is 0 Å². The van der Waals surface area contributed by atoms with E-state index in [1.165, 1.54) is 35.3 Å². The number of aryl methyl sites for hydroxylation is 1. The highest BCUT2D eigenvalue weighted by Crippen LogP contribution is 2.47. The number of carbonyl (C=O) groups is 4. The molecule has 2 aliphatic rings. The Balaban J connectivity index is 1.85. The van der Waals surface area contributed by atoms with Gasteiger partial charge in [-0.2, -0.15) is 5.26 Å². The van der Waals surface area contributed by atoms with E-state index in [1.54, 1.807) is 20.2 Å². The molecule has 3 rings (SSSR count). The van der Waals surface area contributed by atoms with Crippen LogP contribution in [0, 0.1) is 11.3 Å². The number of esters is 1. The van der Waals surface area contributed by atoms with E-state index in [9.17, 15) is 24.4 Å². The van der Waals surface area contributed by atoms with Gasteiger partial charge in [0.15, 0.2) is 5.25 Å². The number of thioether (sulfide) groups is 3. The number of nitrogens with zero attached hydrogens (tertiary/aromatic N) is 6. The standard InChI is InChI=1S/C19H23N7O8S3/c1-5-32-18(30)34-9-33-14(28)12-10(8-37-17-22-23-24-25(17)2)7-36-16-19(31-3,15(29)26(12)16)21-13(27)11(6-20)35-4/h11,16H,5,7-9H2,1-4H3,(H,21,27)/t11?,16-,19-/m0/s1. The average molecular weight is 574 g/mol. The molecule has 1 fully saturated rings. The largest absolute Gasteiger partial charge is 0.511 e. The van der Waals surface area contributed by atoms with E-state index in [4.69, 9.17) is 14.2 Å². The fourth-order valence-electron chi connectivity index (χ4n) is 3.36. The summed E-state index contributed by atoms with van der Waals surface area (Å²) in [5.41, 5.74) is -1.34. The fraction of sp³-hybridized carbons (Fsp3) is 0.579. The van der Waals surface area contributed by atoms with Gasteiger partial charge < -0.3 is 24.3 Å². The number of tetrazole rings is 1. The van der Waals surface area contributed by atoms with Gasteiger partial charge in [0.25, 0.3) is 11.6 Å². The zero-order valence-corrected chi connectivity index (χ0v) is 22.6. The van der Waals surface area contributed by atoms with E-state index in [0.29, 0.717) is 10.7 Å². The first-order valence-electron chi connectivity index (χ1n) is 10.5. The Hall–Kier alpha value is -3.01. The molecule has 200 valence electrons. The summed E-state index contributed by atoms with van der Waals surface area (Å²) in [6, 6.07) is 1.85. The number of hydrogen-bond donors (Lipinski definition) is 1. The van der Waals surface area contributed by atoms with Crippen molar-refractivity contribution in [1.82, 2.24) is 30.4 Å². The number of ether oxygens (including phenoxy) is 4. The lowest BCUT2D eigenvalue weighted by atomic mass is 9.98. The van der Waals surface area contributed by atoms with Crippen LogP contribution in [0.3, 0.4) is 0 Å². The SMILES string of the molecule is CCOC(=O)OCOC(=O)C1=C(CSc2nnnn2C)CS[C@@H]2N1C(=O)[C@]2(NC(=O)C(C#N)SC)OC. The number of carbonyl (C=O) groups excluding carboxylic acids is 4. The molecule has 15 nitrogen and oxygen atoms in total. The quantitative estimate of drug-likeness (QED) is 0.159. The molecule has 1 aromatic rings. The molecule has 2 aliphatic heterocycles. The Morgan fingerprint density at radius 3 is 2.70 bits per heavy atom. The van der Waals surface area contributed by atoms with Crippen molar-refractivity contribution >= 4 is 59.2 Å². The summed E-state index contributed by atoms with van der Waals surface area (Å²) in [7, 11) is 2.90. The van der Waals surface area contributed by atoms with E-state index in [-0.39, 0.29) is 23.8 Å². The van der Waals surface area contributed by atoms with Crippen LogP contribution in [0.4, 0.5) is 4.79 Å². The molecule has 18 heteroatoms. The monoisotopic (exact) mass is 573 g/mol. The van der Waals surface area contributed by atoms with E-state index >= 15 is 0 Å². The third kappa shape index (κ3) is 5.79. The molecule has 0 aliphatic carbocycles. The van der Waals surface area contributed by atoms with Gasteiger partial charge in [-0.25, -0.2) is 14.3 Å². The molecule has 2 amide bonds. The molecule has 1 N–H and O–H groups in total. The lowest BCUT2D eigenvalue weighted by Gasteiger charge is -2.56. The maximum absolute atomic E-state index is 13.4. The molecule has 0 spiro atoms. The van der Waals surface area contributed by atoms with Crippen molar-refractivity contribution in [2.45, 2.75) is 28.4 Å². The highest BCUT2D eigenvalue weighted by atomic mass is 32.2. The summed E-state index contributed by atoms with van der Waals surface area (Å²) in [6.07, 6.45) is 0.567. The van der Waals surface area contributed by atoms with Crippen molar-refractivity contribution in [1.29, 1.82) is 5.26 Å². The van der Waals surface area contributed by atoms with E-state index in [1.807, 2.05) is 6.07 Å². The Kier molecular flexibility index (Phi) is 9.64. The fourth-order valence-corrected chi connectivity index (χ4v) is 6.17. The molecule has 0 bridgehead atoms. The van der Waals surface area contributed by atoms with Gasteiger partial charge in [0.05, 0.1) is 12.7 Å². The zero-order chi connectivity index (χ0) is 27.2. The van der Waals surface area contributed by atoms with Gasteiger partial charge in [-0.05, 0) is 29.2 Å². The highest BCUT2D eigenvalue weighted by molar-refractivity contribution is 8.01. The second-order valence-electron chi connectivity index (χ2n) is 7.22. The van der Waals surface area contributed by atoms with Crippen LogP contribution in [-0.2, 0) is 40.4 Å². The van der Waals surface area contributed by atoms with E-state index in [2.05, 4.69) is 25.6 Å². The third-order valence-corrected chi connectivity index (χ3v) is 8.37. The van der Waals surface area contributed by atoms with Gasteiger partial charge in [0, 0.05) is 25.7 Å². The molecular weight excluding hydrogens is 550 g/mol. The smallest absolute Gasteiger partial charge is 0.435 e. The molecule has 37 heavy (non-hydrogen) atoms. The van der Waals surface area contributed by atoms with Crippen molar-refractivity contribution in [3.8, 4) is 6.07 Å². The molecule has 0 radical (unpaired) electrons. The topological polar surface area (TPSA) is 188 Å². The van der Waals surface area contributed by atoms with Crippen LogP contribution in [0.2, 0.25) is 0 Å². The number of nitriles is 1. The van der Waals surface area contributed by atoms with Crippen molar-refractivity contribution in [3.63, 3.8) is 0 Å². The zero-order valence-electron chi connectivity index (χ0n) is 20.2. The predicted octanol–water partition coefficient (Wildman–Crippen LogP) is -0.141. The number of hydrogen-bond acceptors (Lipinski definition) is 15. The van der Waals surface area contributed by atoms with Crippen LogP contribution in [0.1, 0.15) is 6.92 Å². The summed E-state index contributed by atoms with van der Waals surface area (Å²) in [4.78, 5) is 51.7. The number of methoxy groups -OCH3 is 1. The van der Waals surface area contributed by atoms with Crippen molar-refractivity contribution in [2.24, 2.45) is 7.05 Å². The Morgan fingerprint density at radius 2 is 2.11 bits per heavy atom. The lowest BCUT2D eigenvalue weighted by Crippen LogP contribution is -2.81. The number of rotatable bonds is 11. The van der Waals surface area contributed by atoms with E-state index in [0.717, 1.165) is 16.7 Å². The van der Waals surface area contributed by atoms with Gasteiger partial charge in [0.2, 0.25) is 17.9 Å². The molecule has 1 saturated heterocycles. The second-order valence-corrected chi connectivity index (χ2v) is 10.2. The minimum absolute atomic E-state index is 0.0748. The van der Waals surface area contributed by atoms with Crippen LogP contribution in [0.25, 0.3) is 0 Å². The van der Waals surface area contributed by atoms with Crippen LogP contribution >= 0.6 is 35.3 Å². The summed E-state index contributed by atoms with van der Waals surface area (Å²) >= 11 is 3.50. The molecule has 3 atom stereocenters. The molecular formula is C19H23N7O8S3. The van der Waals surface area contributed by atoms with Gasteiger partial charge in [0.1, 0.15) is 11.1 Å². The molecule has 1 aromatic heterocycles. The maximum Gasteiger partial charge on any atom is 0.511 e. The maximum atomic E-state index is 13.4. The lowest BCUT2D eigenvalue weighted by molar-refractivity contribution is -0.193. The van der Waals surface area contributed by atoms with E-state index < -0.39 is 47.1 Å². The number of fused-ring (bicyclic) bond motifs is 1. The van der Waals surface area contributed by atoms with Crippen LogP contribution < -0.4 is 5.32 Å². The molecule has 3 heterocycles.